The summed E-state index contributed by atoms with van der Waals surface area (Å²) in [7, 11) is 1.36. The summed E-state index contributed by atoms with van der Waals surface area (Å²) in [5.41, 5.74) is 0.508. The molecule has 0 bridgehead atoms. The van der Waals surface area contributed by atoms with Gasteiger partial charge in [0.2, 0.25) is 0 Å². The highest BCUT2D eigenvalue weighted by Crippen LogP contribution is 1.98. The number of isothiocyanates is 1. The van der Waals surface area contributed by atoms with Gasteiger partial charge in [-0.15, -0.1) is 0 Å². The van der Waals surface area contributed by atoms with Crippen molar-refractivity contribution in [3.63, 3.8) is 0 Å². The smallest absolute Gasteiger partial charge is 0.276 e. The van der Waals surface area contributed by atoms with Crippen LogP contribution in [0.15, 0.2) is 41.4 Å². The SMILES string of the molecule is C=C/C(=C\C=C(\O)OC)N=C=S. The van der Waals surface area contributed by atoms with E-state index >= 15 is 0 Å². The largest absolute Gasteiger partial charge is 0.481 e. The number of methoxy groups -OCH3 is 1. The summed E-state index contributed by atoms with van der Waals surface area (Å²) in [6.45, 7) is 3.48. The van der Waals surface area contributed by atoms with E-state index in [1.807, 2.05) is 0 Å². The van der Waals surface area contributed by atoms with Gasteiger partial charge in [0.1, 0.15) is 0 Å². The molecule has 0 spiro atoms. The number of aliphatic hydroxyl groups is 1. The lowest BCUT2D eigenvalue weighted by atomic mass is 10.4. The fourth-order valence-electron chi connectivity index (χ4n) is 0.428. The van der Waals surface area contributed by atoms with Crippen molar-refractivity contribution in [3.05, 3.63) is 36.4 Å². The van der Waals surface area contributed by atoms with Crippen LogP contribution in [0, 0.1) is 0 Å². The predicted molar refractivity (Wildman–Crippen MR) is 51.0 cm³/mol. The fraction of sp³-hybridized carbons (Fsp3) is 0.125. The van der Waals surface area contributed by atoms with Crippen LogP contribution in [0.3, 0.4) is 0 Å². The molecule has 0 amide bonds. The highest BCUT2D eigenvalue weighted by molar-refractivity contribution is 7.78. The molecule has 0 unspecified atom stereocenters. The minimum atomic E-state index is -0.200. The van der Waals surface area contributed by atoms with Gasteiger partial charge in [0, 0.05) is 6.08 Å². The molecular weight excluding hydrogens is 174 g/mol. The fourth-order valence-corrected chi connectivity index (χ4v) is 0.534. The van der Waals surface area contributed by atoms with E-state index in [-0.39, 0.29) is 5.95 Å². The van der Waals surface area contributed by atoms with E-state index in [4.69, 9.17) is 5.11 Å². The maximum atomic E-state index is 8.84. The zero-order valence-corrected chi connectivity index (χ0v) is 7.47. The number of allylic oxidation sites excluding steroid dienone is 3. The van der Waals surface area contributed by atoms with E-state index in [0.717, 1.165) is 0 Å². The van der Waals surface area contributed by atoms with Crippen LogP contribution in [0.2, 0.25) is 0 Å². The molecule has 0 aliphatic heterocycles. The van der Waals surface area contributed by atoms with E-state index in [9.17, 15) is 0 Å². The summed E-state index contributed by atoms with van der Waals surface area (Å²) in [4.78, 5) is 3.65. The lowest BCUT2D eigenvalue weighted by Crippen LogP contribution is -1.81. The maximum absolute atomic E-state index is 8.84. The first-order valence-electron chi connectivity index (χ1n) is 3.09. The van der Waals surface area contributed by atoms with Crippen molar-refractivity contribution in [2.75, 3.05) is 7.11 Å². The summed E-state index contributed by atoms with van der Waals surface area (Å²) in [5, 5.41) is 11.0. The first kappa shape index (κ1) is 10.6. The predicted octanol–water partition coefficient (Wildman–Crippen LogP) is 2.20. The molecule has 12 heavy (non-hydrogen) atoms. The van der Waals surface area contributed by atoms with Crippen molar-refractivity contribution in [2.45, 2.75) is 0 Å². The van der Waals surface area contributed by atoms with Gasteiger partial charge in [-0.05, 0) is 24.4 Å². The molecule has 1 N–H and O–H groups in total. The van der Waals surface area contributed by atoms with E-state index in [1.54, 1.807) is 0 Å². The minimum absolute atomic E-state index is 0.200. The van der Waals surface area contributed by atoms with Gasteiger partial charge in [0.05, 0.1) is 18.0 Å². The molecule has 0 atom stereocenters. The lowest BCUT2D eigenvalue weighted by Gasteiger charge is -1.92. The second-order valence-corrected chi connectivity index (χ2v) is 1.89. The van der Waals surface area contributed by atoms with E-state index < -0.39 is 0 Å². The highest BCUT2D eigenvalue weighted by Gasteiger charge is 1.86. The lowest BCUT2D eigenvalue weighted by molar-refractivity contribution is 0.136. The summed E-state index contributed by atoms with van der Waals surface area (Å²) >= 11 is 4.38. The molecule has 0 aromatic carbocycles. The number of rotatable bonds is 4. The second kappa shape index (κ2) is 6.34. The Labute approximate surface area is 76.4 Å². The van der Waals surface area contributed by atoms with Crippen LogP contribution in [0.1, 0.15) is 0 Å². The number of aliphatic hydroxyl groups excluding tert-OH is 1. The number of hydrogen-bond donors (Lipinski definition) is 1. The van der Waals surface area contributed by atoms with Crippen LogP contribution < -0.4 is 0 Å². The third-order valence-electron chi connectivity index (χ3n) is 0.990. The molecule has 64 valence electrons. The van der Waals surface area contributed by atoms with E-state index in [2.05, 4.69) is 33.7 Å². The molecule has 3 nitrogen and oxygen atoms in total. The van der Waals surface area contributed by atoms with Gasteiger partial charge in [-0.3, -0.25) is 0 Å². The molecule has 0 heterocycles. The Morgan fingerprint density at radius 2 is 2.33 bits per heavy atom. The van der Waals surface area contributed by atoms with Gasteiger partial charge in [-0.1, -0.05) is 6.58 Å². The van der Waals surface area contributed by atoms with Crippen molar-refractivity contribution in [1.82, 2.24) is 0 Å². The zero-order chi connectivity index (χ0) is 9.40. The number of ether oxygens (including phenoxy) is 1. The number of nitrogens with zero attached hydrogens (tertiary/aromatic N) is 1. The molecule has 4 heteroatoms. The molecule has 0 aromatic heterocycles. The van der Waals surface area contributed by atoms with Crippen molar-refractivity contribution in [1.29, 1.82) is 0 Å². The minimum Gasteiger partial charge on any atom is -0.481 e. The van der Waals surface area contributed by atoms with Gasteiger partial charge < -0.3 is 9.84 Å². The van der Waals surface area contributed by atoms with Crippen LogP contribution in [-0.2, 0) is 4.74 Å². The maximum Gasteiger partial charge on any atom is 0.276 e. The van der Waals surface area contributed by atoms with E-state index in [1.165, 1.54) is 25.3 Å². The Morgan fingerprint density at radius 3 is 2.75 bits per heavy atom. The first-order valence-corrected chi connectivity index (χ1v) is 3.50. The van der Waals surface area contributed by atoms with Crippen molar-refractivity contribution in [2.24, 2.45) is 4.99 Å². The average molecular weight is 183 g/mol. The Balaban J connectivity index is 4.50. The van der Waals surface area contributed by atoms with Crippen LogP contribution in [-0.4, -0.2) is 17.4 Å². The Bertz CT molecular complexity index is 262. The third kappa shape index (κ3) is 4.44. The van der Waals surface area contributed by atoms with Gasteiger partial charge >= 0.3 is 0 Å². The molecule has 0 saturated heterocycles. The van der Waals surface area contributed by atoms with Gasteiger partial charge in [-0.25, -0.2) is 0 Å². The van der Waals surface area contributed by atoms with Gasteiger partial charge in [-0.2, -0.15) is 4.99 Å². The number of thiocarbonyl (C=S) groups is 1. The molecule has 0 aliphatic rings. The van der Waals surface area contributed by atoms with Crippen LogP contribution in [0.5, 0.6) is 0 Å². The van der Waals surface area contributed by atoms with Crippen LogP contribution >= 0.6 is 12.2 Å². The Kier molecular flexibility index (Phi) is 5.61. The van der Waals surface area contributed by atoms with Gasteiger partial charge in [0.15, 0.2) is 0 Å². The number of hydrogen-bond acceptors (Lipinski definition) is 4. The standard InChI is InChI=1S/C8H9NO2S/c1-3-7(9-6-12)4-5-8(10)11-2/h3-5,10H,1H2,2H3/b7-4+,8-5-. The molecule has 0 fully saturated rings. The summed E-state index contributed by atoms with van der Waals surface area (Å²) < 4.78 is 4.47. The molecule has 0 saturated carbocycles. The topological polar surface area (TPSA) is 41.8 Å². The van der Waals surface area contributed by atoms with Crippen molar-refractivity contribution >= 4 is 17.4 Å². The molecule has 0 radical (unpaired) electrons. The third-order valence-corrected chi connectivity index (χ3v) is 1.08. The summed E-state index contributed by atoms with van der Waals surface area (Å²) in [6, 6.07) is 0. The Hall–Kier alpha value is -1.38. The quantitative estimate of drug-likeness (QED) is 0.314. The zero-order valence-electron chi connectivity index (χ0n) is 6.65. The van der Waals surface area contributed by atoms with Crippen LogP contribution in [0.4, 0.5) is 0 Å². The number of aliphatic imine (C=N–C) groups is 1. The average Bonchev–Trinajstić information content (AvgIpc) is 2.11. The second-order valence-electron chi connectivity index (χ2n) is 1.71. The monoisotopic (exact) mass is 183 g/mol. The Morgan fingerprint density at radius 1 is 1.67 bits per heavy atom. The van der Waals surface area contributed by atoms with Gasteiger partial charge in [0.25, 0.3) is 5.95 Å². The normalized spacial score (nSPS) is 11.8. The molecule has 0 aromatic rings. The first-order chi connectivity index (χ1) is 5.74. The van der Waals surface area contributed by atoms with Crippen molar-refractivity contribution in [3.8, 4) is 0 Å². The summed E-state index contributed by atoms with van der Waals surface area (Å²) in [5.74, 6) is -0.200. The van der Waals surface area contributed by atoms with Crippen LogP contribution in [0.25, 0.3) is 0 Å². The molecular formula is C8H9NO2S. The van der Waals surface area contributed by atoms with Crippen molar-refractivity contribution < 1.29 is 9.84 Å². The summed E-state index contributed by atoms with van der Waals surface area (Å²) in [6.07, 6.45) is 4.33. The van der Waals surface area contributed by atoms with E-state index in [0.29, 0.717) is 5.70 Å². The molecule has 0 aliphatic carbocycles. The highest BCUT2D eigenvalue weighted by atomic mass is 32.1. The molecule has 0 rings (SSSR count).